The van der Waals surface area contributed by atoms with Gasteiger partial charge in [0.2, 0.25) is 0 Å². The van der Waals surface area contributed by atoms with Gasteiger partial charge in [-0.3, -0.25) is 4.79 Å². The van der Waals surface area contributed by atoms with E-state index < -0.39 is 11.9 Å². The number of hydrogen-bond donors (Lipinski definition) is 1. The van der Waals surface area contributed by atoms with Crippen LogP contribution in [0, 0.1) is 0 Å². The smallest absolute Gasteiger partial charge is 0.433 e. The third-order valence-corrected chi connectivity index (χ3v) is 5.07. The number of nitrogens with zero attached hydrogens (tertiary/aromatic N) is 4. The fourth-order valence-corrected chi connectivity index (χ4v) is 3.52. The first kappa shape index (κ1) is 19.2. The number of methoxy groups -OCH3 is 1. The van der Waals surface area contributed by atoms with Crippen LogP contribution >= 0.6 is 0 Å². The highest BCUT2D eigenvalue weighted by atomic mass is 19.4. The third kappa shape index (κ3) is 3.87. The number of halogens is 3. The standard InChI is InChI=1S/C19H18F3N5O2/c1-29-18-23-9-12(10-24-18)17(28)27-6-4-11(5-7-27)14-8-15-13(25-14)2-3-16(26-15)19(20,21)22/h2-3,8-11,25H,4-7H2,1H3. The number of aromatic amines is 1. The van der Waals surface area contributed by atoms with Crippen LogP contribution < -0.4 is 4.74 Å². The second-order valence-electron chi connectivity index (χ2n) is 6.88. The maximum Gasteiger partial charge on any atom is 0.433 e. The summed E-state index contributed by atoms with van der Waals surface area (Å²) in [6.07, 6.45) is -0.213. The Hall–Kier alpha value is -3.17. The molecule has 0 spiro atoms. The zero-order chi connectivity index (χ0) is 20.6. The minimum atomic E-state index is -4.47. The third-order valence-electron chi connectivity index (χ3n) is 5.07. The Morgan fingerprint density at radius 2 is 1.90 bits per heavy atom. The molecular formula is C19H18F3N5O2. The van der Waals surface area contributed by atoms with E-state index in [-0.39, 0.29) is 17.8 Å². The normalized spacial score (nSPS) is 15.7. The Kier molecular flexibility index (Phi) is 4.85. The van der Waals surface area contributed by atoms with Gasteiger partial charge in [0, 0.05) is 37.1 Å². The van der Waals surface area contributed by atoms with E-state index in [1.165, 1.54) is 25.6 Å². The van der Waals surface area contributed by atoms with Gasteiger partial charge in [0.05, 0.1) is 23.7 Å². The van der Waals surface area contributed by atoms with Gasteiger partial charge in [-0.2, -0.15) is 13.2 Å². The topological polar surface area (TPSA) is 84.0 Å². The Labute approximate surface area is 163 Å². The number of hydrogen-bond acceptors (Lipinski definition) is 5. The van der Waals surface area contributed by atoms with E-state index in [1.807, 2.05) is 0 Å². The van der Waals surface area contributed by atoms with E-state index in [9.17, 15) is 18.0 Å². The number of rotatable bonds is 3. The fraction of sp³-hybridized carbons (Fsp3) is 0.368. The van der Waals surface area contributed by atoms with E-state index in [4.69, 9.17) is 4.74 Å². The predicted molar refractivity (Wildman–Crippen MR) is 97.6 cm³/mol. The van der Waals surface area contributed by atoms with Crippen molar-refractivity contribution < 1.29 is 22.7 Å². The van der Waals surface area contributed by atoms with E-state index in [1.54, 1.807) is 11.0 Å². The van der Waals surface area contributed by atoms with Gasteiger partial charge in [-0.15, -0.1) is 0 Å². The molecule has 1 saturated heterocycles. The van der Waals surface area contributed by atoms with Crippen LogP contribution in [0.15, 0.2) is 30.6 Å². The van der Waals surface area contributed by atoms with Crippen molar-refractivity contribution in [3.63, 3.8) is 0 Å². The maximum absolute atomic E-state index is 12.9. The molecule has 0 unspecified atom stereocenters. The summed E-state index contributed by atoms with van der Waals surface area (Å²) in [5.41, 5.74) is 1.19. The van der Waals surface area contributed by atoms with Crippen LogP contribution in [-0.2, 0) is 6.18 Å². The van der Waals surface area contributed by atoms with E-state index in [2.05, 4.69) is 19.9 Å². The Bertz CT molecular complexity index is 1020. The Morgan fingerprint density at radius 3 is 2.52 bits per heavy atom. The molecule has 29 heavy (non-hydrogen) atoms. The molecule has 1 fully saturated rings. The average Bonchev–Trinajstić information content (AvgIpc) is 3.16. The first-order valence-corrected chi connectivity index (χ1v) is 9.07. The van der Waals surface area contributed by atoms with Gasteiger partial charge in [0.15, 0.2) is 0 Å². The molecule has 1 amide bonds. The summed E-state index contributed by atoms with van der Waals surface area (Å²) in [4.78, 5) is 29.1. The van der Waals surface area contributed by atoms with E-state index in [0.29, 0.717) is 42.5 Å². The number of alkyl halides is 3. The van der Waals surface area contributed by atoms with Crippen LogP contribution in [0.3, 0.4) is 0 Å². The molecule has 0 aromatic carbocycles. The number of ether oxygens (including phenoxy) is 1. The van der Waals surface area contributed by atoms with Crippen molar-refractivity contribution in [1.29, 1.82) is 0 Å². The molecule has 0 bridgehead atoms. The quantitative estimate of drug-likeness (QED) is 0.722. The highest BCUT2D eigenvalue weighted by Crippen LogP contribution is 2.32. The van der Waals surface area contributed by atoms with Gasteiger partial charge < -0.3 is 14.6 Å². The number of pyridine rings is 1. The van der Waals surface area contributed by atoms with Crippen LogP contribution in [0.2, 0.25) is 0 Å². The average molecular weight is 405 g/mol. The van der Waals surface area contributed by atoms with Crippen molar-refractivity contribution in [2.45, 2.75) is 24.9 Å². The number of carbonyl (C=O) groups excluding carboxylic acids is 1. The molecule has 4 heterocycles. The number of H-pyrrole nitrogens is 1. The van der Waals surface area contributed by atoms with Crippen molar-refractivity contribution in [2.24, 2.45) is 0 Å². The van der Waals surface area contributed by atoms with Crippen molar-refractivity contribution in [2.75, 3.05) is 20.2 Å². The van der Waals surface area contributed by atoms with Gasteiger partial charge in [0.1, 0.15) is 5.69 Å². The molecule has 1 aliphatic heterocycles. The molecule has 0 saturated carbocycles. The fourth-order valence-electron chi connectivity index (χ4n) is 3.52. The summed E-state index contributed by atoms with van der Waals surface area (Å²) in [6.45, 7) is 1.07. The SMILES string of the molecule is COc1ncc(C(=O)N2CCC(c3cc4nc(C(F)(F)F)ccc4[nH]3)CC2)cn1. The lowest BCUT2D eigenvalue weighted by Gasteiger charge is -2.31. The van der Waals surface area contributed by atoms with Crippen LogP contribution in [0.4, 0.5) is 13.2 Å². The van der Waals surface area contributed by atoms with Crippen LogP contribution in [-0.4, -0.2) is 50.9 Å². The lowest BCUT2D eigenvalue weighted by atomic mass is 9.93. The van der Waals surface area contributed by atoms with Gasteiger partial charge >= 0.3 is 12.2 Å². The van der Waals surface area contributed by atoms with Gasteiger partial charge in [0.25, 0.3) is 5.91 Å². The molecule has 0 radical (unpaired) electrons. The number of amides is 1. The van der Waals surface area contributed by atoms with Crippen LogP contribution in [0.1, 0.15) is 40.5 Å². The lowest BCUT2D eigenvalue weighted by Crippen LogP contribution is -2.38. The Balaban J connectivity index is 1.44. The lowest BCUT2D eigenvalue weighted by molar-refractivity contribution is -0.140. The Morgan fingerprint density at radius 1 is 1.21 bits per heavy atom. The highest BCUT2D eigenvalue weighted by molar-refractivity contribution is 5.93. The number of fused-ring (bicyclic) bond motifs is 1. The van der Waals surface area contributed by atoms with Crippen molar-refractivity contribution >= 4 is 16.9 Å². The minimum absolute atomic E-state index is 0.120. The van der Waals surface area contributed by atoms with E-state index >= 15 is 0 Å². The molecule has 10 heteroatoms. The van der Waals surface area contributed by atoms with Gasteiger partial charge in [-0.05, 0) is 31.0 Å². The number of piperidine rings is 1. The van der Waals surface area contributed by atoms with Crippen LogP contribution in [0.25, 0.3) is 11.0 Å². The number of likely N-dealkylation sites (tertiary alicyclic amines) is 1. The molecule has 7 nitrogen and oxygen atoms in total. The van der Waals surface area contributed by atoms with Crippen molar-refractivity contribution in [3.05, 3.63) is 47.5 Å². The first-order chi connectivity index (χ1) is 13.8. The van der Waals surface area contributed by atoms with E-state index in [0.717, 1.165) is 11.8 Å². The van der Waals surface area contributed by atoms with Crippen LogP contribution in [0.5, 0.6) is 6.01 Å². The number of aromatic nitrogens is 4. The molecule has 1 aliphatic rings. The molecule has 3 aromatic heterocycles. The zero-order valence-electron chi connectivity index (χ0n) is 15.5. The maximum atomic E-state index is 12.9. The zero-order valence-corrected chi connectivity index (χ0v) is 15.5. The predicted octanol–water partition coefficient (Wildman–Crippen LogP) is 3.40. The molecule has 3 aromatic rings. The largest absolute Gasteiger partial charge is 0.467 e. The second kappa shape index (κ2) is 7.34. The first-order valence-electron chi connectivity index (χ1n) is 9.07. The van der Waals surface area contributed by atoms with Crippen molar-refractivity contribution in [1.82, 2.24) is 24.8 Å². The summed E-state index contributed by atoms with van der Waals surface area (Å²) in [5.74, 6) is -0.0334. The summed E-state index contributed by atoms with van der Waals surface area (Å²) >= 11 is 0. The molecule has 4 rings (SSSR count). The molecule has 0 atom stereocenters. The van der Waals surface area contributed by atoms with Gasteiger partial charge in [-0.25, -0.2) is 15.0 Å². The highest BCUT2D eigenvalue weighted by Gasteiger charge is 2.33. The minimum Gasteiger partial charge on any atom is -0.467 e. The number of nitrogens with one attached hydrogen (secondary N) is 1. The molecule has 1 N–H and O–H groups in total. The molecule has 152 valence electrons. The summed E-state index contributed by atoms with van der Waals surface area (Å²) in [7, 11) is 1.45. The molecule has 0 aliphatic carbocycles. The summed E-state index contributed by atoms with van der Waals surface area (Å²) < 4.78 is 43.4. The molecular weight excluding hydrogens is 387 g/mol. The van der Waals surface area contributed by atoms with Gasteiger partial charge in [-0.1, -0.05) is 0 Å². The monoisotopic (exact) mass is 405 g/mol. The second-order valence-corrected chi connectivity index (χ2v) is 6.88. The number of carbonyl (C=O) groups is 1. The summed E-state index contributed by atoms with van der Waals surface area (Å²) in [5, 5.41) is 0. The van der Waals surface area contributed by atoms with Crippen molar-refractivity contribution in [3.8, 4) is 6.01 Å². The summed E-state index contributed by atoms with van der Waals surface area (Å²) in [6, 6.07) is 4.24.